The molecule has 12 aromatic carbocycles. The van der Waals surface area contributed by atoms with Gasteiger partial charge in [0.15, 0.2) is 5.58 Å². The number of para-hydroxylation sites is 7. The van der Waals surface area contributed by atoms with Gasteiger partial charge in [0.05, 0.1) is 73.3 Å². The van der Waals surface area contributed by atoms with Crippen LogP contribution in [0, 0.1) is 22.7 Å². The summed E-state index contributed by atoms with van der Waals surface area (Å²) in [6, 6.07) is 92.8. The topological polar surface area (TPSA) is 80.4 Å². The van der Waals surface area contributed by atoms with Gasteiger partial charge in [0.25, 0.3) is 0 Å². The van der Waals surface area contributed by atoms with E-state index in [0.717, 1.165) is 143 Å². The number of aromatic nitrogens is 4. The Bertz CT molecular complexity index is 5760. The van der Waals surface area contributed by atoms with E-state index in [-0.39, 0.29) is 6.54 Å². The Morgan fingerprint density at radius 1 is 0.437 bits per heavy atom. The molecule has 5 aromatic heterocycles. The lowest BCUT2D eigenvalue weighted by Crippen LogP contribution is -2.17. The van der Waals surface area contributed by atoms with Crippen molar-refractivity contribution < 1.29 is 4.42 Å². The second-order valence-electron chi connectivity index (χ2n) is 22.5. The first-order chi connectivity index (χ1) is 43.0. The Morgan fingerprint density at radius 2 is 0.885 bits per heavy atom. The summed E-state index contributed by atoms with van der Waals surface area (Å²) < 4.78 is 16.2. The minimum absolute atomic E-state index is 0.146. The first-order valence-corrected chi connectivity index (χ1v) is 29.4. The van der Waals surface area contributed by atoms with Crippen LogP contribution in [0.3, 0.4) is 0 Å². The number of allylic oxidation sites excluding steroid dienone is 1. The molecule has 0 aliphatic heterocycles. The Balaban J connectivity index is 1.08. The van der Waals surface area contributed by atoms with E-state index in [1.54, 1.807) is 0 Å². The quantitative estimate of drug-likeness (QED) is 0.144. The van der Waals surface area contributed by atoms with Gasteiger partial charge in [-0.15, -0.1) is 0 Å². The summed E-state index contributed by atoms with van der Waals surface area (Å²) in [5.41, 5.74) is 18.3. The lowest BCUT2D eigenvalue weighted by atomic mass is 9.87. The lowest BCUT2D eigenvalue weighted by molar-refractivity contribution is 0.669. The Labute approximate surface area is 499 Å². The van der Waals surface area contributed by atoms with Crippen LogP contribution < -0.4 is 0 Å². The summed E-state index contributed by atoms with van der Waals surface area (Å²) in [6.07, 6.45) is 4.24. The Hall–Kier alpha value is -11.9. The van der Waals surface area contributed by atoms with Crippen molar-refractivity contribution in [2.24, 2.45) is 0 Å². The van der Waals surface area contributed by atoms with Gasteiger partial charge in [-0.1, -0.05) is 213 Å². The third-order valence-corrected chi connectivity index (χ3v) is 18.0. The predicted molar refractivity (Wildman–Crippen MR) is 359 cm³/mol. The SMILES string of the molecule is C=C(c1ccccc1)c1c(/C=C\C)cccc1-c1ccc2c3ccc4c5ccccc5oc4c3n(Cc3c(C#N)c(-n4c5ccccc5c5ccccc54)c(-n4c5ccccc5c5ccccc54)c(C#N)c3-n3c4ccccc4c4ccccc43)c2c1. The molecule has 0 atom stereocenters. The molecular formula is C80H50N6O. The van der Waals surface area contributed by atoms with Crippen LogP contribution in [0.4, 0.5) is 0 Å². The summed E-state index contributed by atoms with van der Waals surface area (Å²) in [4.78, 5) is 0. The molecule has 0 bridgehead atoms. The van der Waals surface area contributed by atoms with Crippen molar-refractivity contribution in [2.45, 2.75) is 13.5 Å². The van der Waals surface area contributed by atoms with Gasteiger partial charge in [-0.2, -0.15) is 10.5 Å². The van der Waals surface area contributed by atoms with Crippen molar-refractivity contribution in [3.8, 4) is 40.3 Å². The van der Waals surface area contributed by atoms with Crippen LogP contribution >= 0.6 is 0 Å². The summed E-state index contributed by atoms with van der Waals surface area (Å²) in [5.74, 6) is 0. The molecule has 0 saturated carbocycles. The molecule has 17 aromatic rings. The maximum atomic E-state index is 12.9. The van der Waals surface area contributed by atoms with E-state index in [1.165, 1.54) is 0 Å². The van der Waals surface area contributed by atoms with Gasteiger partial charge in [-0.05, 0) is 94.9 Å². The highest BCUT2D eigenvalue weighted by atomic mass is 16.3. The van der Waals surface area contributed by atoms with Crippen molar-refractivity contribution in [1.29, 1.82) is 10.5 Å². The van der Waals surface area contributed by atoms with Crippen LogP contribution in [0.2, 0.25) is 0 Å². The highest BCUT2D eigenvalue weighted by Gasteiger charge is 2.34. The molecular weight excluding hydrogens is 1060 g/mol. The minimum Gasteiger partial charge on any atom is -0.454 e. The van der Waals surface area contributed by atoms with E-state index < -0.39 is 0 Å². The number of benzene rings is 12. The van der Waals surface area contributed by atoms with E-state index >= 15 is 0 Å². The normalized spacial score (nSPS) is 12.0. The van der Waals surface area contributed by atoms with Crippen LogP contribution in [0.15, 0.2) is 266 Å². The van der Waals surface area contributed by atoms with E-state index in [2.05, 4.69) is 273 Å². The van der Waals surface area contributed by atoms with Crippen molar-refractivity contribution in [2.75, 3.05) is 0 Å². The molecule has 0 unspecified atom stereocenters. The molecule has 0 radical (unpaired) electrons. The smallest absolute Gasteiger partial charge is 0.159 e. The molecule has 7 heteroatoms. The van der Waals surface area contributed by atoms with Gasteiger partial charge >= 0.3 is 0 Å². The number of hydrogen-bond acceptors (Lipinski definition) is 3. The second kappa shape index (κ2) is 19.3. The third-order valence-electron chi connectivity index (χ3n) is 18.0. The zero-order valence-electron chi connectivity index (χ0n) is 47.3. The fraction of sp³-hybridized carbons (Fsp3) is 0.0250. The summed E-state index contributed by atoms with van der Waals surface area (Å²) in [5, 5.41) is 35.9. The molecule has 406 valence electrons. The number of rotatable bonds is 9. The average molecular weight is 1110 g/mol. The first kappa shape index (κ1) is 49.7. The van der Waals surface area contributed by atoms with Gasteiger partial charge in [0.1, 0.15) is 23.3 Å². The lowest BCUT2D eigenvalue weighted by Gasteiger charge is -2.26. The van der Waals surface area contributed by atoms with Gasteiger partial charge in [-0.25, -0.2) is 0 Å². The number of nitriles is 2. The minimum atomic E-state index is 0.146. The van der Waals surface area contributed by atoms with E-state index in [4.69, 9.17) is 11.0 Å². The van der Waals surface area contributed by atoms with E-state index in [0.29, 0.717) is 33.8 Å². The Morgan fingerprint density at radius 3 is 1.41 bits per heavy atom. The molecule has 17 rings (SSSR count). The molecule has 0 amide bonds. The molecule has 7 nitrogen and oxygen atoms in total. The second-order valence-corrected chi connectivity index (χ2v) is 22.5. The fourth-order valence-electron chi connectivity index (χ4n) is 14.4. The van der Waals surface area contributed by atoms with E-state index in [1.807, 2.05) is 25.1 Å². The predicted octanol–water partition coefficient (Wildman–Crippen LogP) is 20.5. The number of nitrogens with zero attached hydrogens (tertiary/aromatic N) is 6. The maximum Gasteiger partial charge on any atom is 0.159 e. The van der Waals surface area contributed by atoms with Crippen LogP contribution in [0.1, 0.15) is 40.3 Å². The maximum absolute atomic E-state index is 12.9. The highest BCUT2D eigenvalue weighted by molar-refractivity contribution is 6.22. The third kappa shape index (κ3) is 7.15. The molecule has 0 saturated heterocycles. The largest absolute Gasteiger partial charge is 0.454 e. The fourth-order valence-corrected chi connectivity index (χ4v) is 14.4. The molecule has 0 fully saturated rings. The number of furan rings is 1. The monoisotopic (exact) mass is 1110 g/mol. The molecule has 5 heterocycles. The summed E-state index contributed by atoms with van der Waals surface area (Å²) in [7, 11) is 0. The Kier molecular flexibility index (Phi) is 11.0. The zero-order valence-corrected chi connectivity index (χ0v) is 47.3. The van der Waals surface area contributed by atoms with Crippen molar-refractivity contribution in [1.82, 2.24) is 18.3 Å². The van der Waals surface area contributed by atoms with Crippen LogP contribution in [-0.2, 0) is 6.54 Å². The van der Waals surface area contributed by atoms with Crippen molar-refractivity contribution >= 4 is 121 Å². The van der Waals surface area contributed by atoms with Crippen LogP contribution in [0.25, 0.3) is 149 Å². The average Bonchev–Trinajstić information content (AvgIpc) is 1.67. The summed E-state index contributed by atoms with van der Waals surface area (Å²) >= 11 is 0. The van der Waals surface area contributed by atoms with E-state index in [9.17, 15) is 10.5 Å². The molecule has 0 N–H and O–H groups in total. The zero-order chi connectivity index (χ0) is 58.0. The van der Waals surface area contributed by atoms with Crippen molar-refractivity contribution in [3.63, 3.8) is 0 Å². The standard InChI is InChI=1S/C80H50N6O/c1-3-22-51-25-21-33-53(75(51)49(2)50-23-5-4-6-24-50)52-41-42-60-62-43-44-63-61-32-13-20-40-74(61)87-80(63)79(62)83(73(60)45-52)48-66-64(46-81)77(85-69-36-16-9-28-56(69)57-29-10-17-37-70(57)85)78(86-71-38-18-11-30-58(71)59-31-12-19-39-72(59)86)65(47-82)76(66)84-67-34-14-7-26-54(67)55-27-8-15-35-68(55)84/h3-45H,2,48H2,1H3/b22-3-. The molecule has 0 spiro atoms. The van der Waals surface area contributed by atoms with Gasteiger partial charge in [0, 0.05) is 59.4 Å². The van der Waals surface area contributed by atoms with Gasteiger partial charge in [0.2, 0.25) is 0 Å². The molecule has 0 aliphatic rings. The first-order valence-electron chi connectivity index (χ1n) is 29.4. The van der Waals surface area contributed by atoms with Gasteiger partial charge < -0.3 is 22.7 Å². The highest BCUT2D eigenvalue weighted by Crippen LogP contribution is 2.48. The summed E-state index contributed by atoms with van der Waals surface area (Å²) in [6.45, 7) is 6.97. The van der Waals surface area contributed by atoms with Gasteiger partial charge in [-0.3, -0.25) is 0 Å². The van der Waals surface area contributed by atoms with Crippen LogP contribution in [-0.4, -0.2) is 18.3 Å². The molecule has 87 heavy (non-hydrogen) atoms. The number of hydrogen-bond donors (Lipinski definition) is 0. The number of fused-ring (bicyclic) bond motifs is 16. The van der Waals surface area contributed by atoms with Crippen molar-refractivity contribution in [3.05, 3.63) is 295 Å². The molecule has 0 aliphatic carbocycles. The van der Waals surface area contributed by atoms with Crippen LogP contribution in [0.5, 0.6) is 0 Å².